The number of benzene rings is 3. The number of H-pyrrole nitrogens is 1. The van der Waals surface area contributed by atoms with E-state index in [2.05, 4.69) is 30.8 Å². The Morgan fingerprint density at radius 2 is 1.54 bits per heavy atom. The fraction of sp³-hybridized carbons (Fsp3) is 0.426. The van der Waals surface area contributed by atoms with Gasteiger partial charge >= 0.3 is 18.2 Å². The first-order valence-electron chi connectivity index (χ1n) is 22.1. The number of piperidine rings is 1. The zero-order valence-corrected chi connectivity index (χ0v) is 37.5. The van der Waals surface area contributed by atoms with Crippen molar-refractivity contribution in [2.24, 2.45) is 17.6 Å². The van der Waals surface area contributed by atoms with Gasteiger partial charge in [-0.3, -0.25) is 9.59 Å². The van der Waals surface area contributed by atoms with Crippen LogP contribution in [-0.2, 0) is 32.1 Å². The van der Waals surface area contributed by atoms with E-state index < -0.39 is 41.7 Å². The smallest absolute Gasteiger partial charge is 0.475 e. The van der Waals surface area contributed by atoms with Gasteiger partial charge in [-0.15, -0.1) is 10.2 Å². The predicted octanol–water partition coefficient (Wildman–Crippen LogP) is 7.29. The second-order valence-corrected chi connectivity index (χ2v) is 17.4. The number of anilines is 2. The van der Waals surface area contributed by atoms with E-state index in [1.54, 1.807) is 24.3 Å². The summed E-state index contributed by atoms with van der Waals surface area (Å²) >= 11 is 0. The van der Waals surface area contributed by atoms with Gasteiger partial charge in [0.1, 0.15) is 12.2 Å². The van der Waals surface area contributed by atoms with Crippen LogP contribution < -0.4 is 25.6 Å². The highest BCUT2D eigenvalue weighted by Crippen LogP contribution is 2.34. The number of alkyl halides is 3. The van der Waals surface area contributed by atoms with Crippen molar-refractivity contribution in [3.63, 3.8) is 0 Å². The van der Waals surface area contributed by atoms with Crippen LogP contribution in [0.15, 0.2) is 85.1 Å². The zero-order valence-electron chi connectivity index (χ0n) is 37.5. The van der Waals surface area contributed by atoms with Gasteiger partial charge in [0.05, 0.1) is 17.3 Å². The number of hydrogen-bond acceptors (Lipinski definition) is 13. The Morgan fingerprint density at radius 3 is 2.13 bits per heavy atom. The number of nitrogens with one attached hydrogen (secondary N) is 2. The molecule has 1 saturated carbocycles. The van der Waals surface area contributed by atoms with Crippen molar-refractivity contribution >= 4 is 35.5 Å². The molecule has 1 saturated heterocycles. The van der Waals surface area contributed by atoms with Crippen molar-refractivity contribution in [1.29, 1.82) is 0 Å². The van der Waals surface area contributed by atoms with E-state index in [4.69, 9.17) is 35.1 Å². The number of alkyl carbamates (subject to hydrolysis) is 1. The third-order valence-electron chi connectivity index (χ3n) is 11.2. The van der Waals surface area contributed by atoms with E-state index in [0.29, 0.717) is 67.7 Å². The maximum atomic E-state index is 14.3. The van der Waals surface area contributed by atoms with Crippen LogP contribution in [0.4, 0.5) is 29.6 Å². The van der Waals surface area contributed by atoms with Crippen molar-refractivity contribution in [2.45, 2.75) is 96.6 Å². The van der Waals surface area contributed by atoms with Crippen LogP contribution in [-0.4, -0.2) is 97.0 Å². The summed E-state index contributed by atoms with van der Waals surface area (Å²) in [7, 11) is 0. The van der Waals surface area contributed by atoms with Gasteiger partial charge in [0.25, 0.3) is 5.91 Å². The van der Waals surface area contributed by atoms with Crippen LogP contribution in [0.2, 0.25) is 0 Å². The van der Waals surface area contributed by atoms with Gasteiger partial charge in [0.2, 0.25) is 23.6 Å². The number of nitrogens with zero attached hydrogens (tertiary/aromatic N) is 7. The first-order chi connectivity index (χ1) is 31.9. The van der Waals surface area contributed by atoms with Crippen LogP contribution in [0.3, 0.4) is 0 Å². The van der Waals surface area contributed by atoms with Gasteiger partial charge in [-0.05, 0) is 124 Å². The molecule has 0 unspecified atom stereocenters. The fourth-order valence-corrected chi connectivity index (χ4v) is 7.71. The van der Waals surface area contributed by atoms with Crippen LogP contribution in [0, 0.1) is 11.8 Å². The molecule has 356 valence electrons. The molecule has 5 aromatic rings. The highest BCUT2D eigenvalue weighted by Gasteiger charge is 2.38. The molecule has 67 heavy (non-hydrogen) atoms. The molecular formula is C47H55F3N10O7. The maximum absolute atomic E-state index is 14.3. The SMILES string of the molecule is CC(C)(C)OC(=O)NC[C@H]1CC[C@H](C(=O)N(C(=O)[C@@H](N)Cc2ccc(-c3cnc(N4CCCCC4)nc3OCc3ccccc3)cc2)c2ccc(-c3nn[nH]n3)cc2)CC1.O=C(O)C(F)(F)F. The Morgan fingerprint density at radius 1 is 0.896 bits per heavy atom. The number of carboxylic acid groups (broad SMARTS) is 1. The number of aromatic nitrogens is 6. The number of carbonyl (C=O) groups excluding carboxylic acids is 3. The highest BCUT2D eigenvalue weighted by atomic mass is 19.4. The summed E-state index contributed by atoms with van der Waals surface area (Å²) in [4.78, 5) is 62.9. The second-order valence-electron chi connectivity index (χ2n) is 17.4. The average Bonchev–Trinajstić information content (AvgIpc) is 3.86. The summed E-state index contributed by atoms with van der Waals surface area (Å²) in [5, 5.41) is 24.1. The molecule has 0 spiro atoms. The molecule has 2 aliphatic rings. The lowest BCUT2D eigenvalue weighted by Gasteiger charge is -2.32. The molecule has 17 nitrogen and oxygen atoms in total. The molecule has 1 aliphatic heterocycles. The van der Waals surface area contributed by atoms with Gasteiger partial charge < -0.3 is 30.5 Å². The lowest BCUT2D eigenvalue weighted by atomic mass is 9.81. The lowest BCUT2D eigenvalue weighted by molar-refractivity contribution is -0.192. The van der Waals surface area contributed by atoms with Crippen molar-refractivity contribution in [3.05, 3.63) is 96.2 Å². The maximum Gasteiger partial charge on any atom is 0.490 e. The van der Waals surface area contributed by atoms with Crippen molar-refractivity contribution in [3.8, 4) is 28.4 Å². The fourth-order valence-electron chi connectivity index (χ4n) is 7.71. The van der Waals surface area contributed by atoms with Gasteiger partial charge in [0, 0.05) is 37.3 Å². The van der Waals surface area contributed by atoms with Gasteiger partial charge in [-0.2, -0.15) is 23.4 Å². The number of aromatic amines is 1. The summed E-state index contributed by atoms with van der Waals surface area (Å²) in [5.41, 5.74) is 10.7. The van der Waals surface area contributed by atoms with Crippen LogP contribution in [0.5, 0.6) is 5.88 Å². The number of tetrazole rings is 1. The Labute approximate surface area is 385 Å². The Bertz CT molecular complexity index is 2400. The number of carboxylic acids is 1. The molecule has 1 atom stereocenters. The predicted molar refractivity (Wildman–Crippen MR) is 241 cm³/mol. The number of halogens is 3. The van der Waals surface area contributed by atoms with E-state index in [1.807, 2.05) is 81.6 Å². The number of carbonyl (C=O) groups is 4. The van der Waals surface area contributed by atoms with Crippen LogP contribution >= 0.6 is 0 Å². The Balaban J connectivity index is 0.000000980. The first-order valence-corrected chi connectivity index (χ1v) is 22.1. The molecule has 0 bridgehead atoms. The van der Waals surface area contributed by atoms with Gasteiger partial charge in [-0.1, -0.05) is 54.6 Å². The summed E-state index contributed by atoms with van der Waals surface area (Å²) < 4.78 is 43.5. The van der Waals surface area contributed by atoms with E-state index >= 15 is 0 Å². The first kappa shape index (κ1) is 49.5. The van der Waals surface area contributed by atoms with Crippen molar-refractivity contribution in [1.82, 2.24) is 35.9 Å². The summed E-state index contributed by atoms with van der Waals surface area (Å²) in [5.74, 6) is -2.20. The summed E-state index contributed by atoms with van der Waals surface area (Å²) in [6.45, 7) is 8.11. The van der Waals surface area contributed by atoms with Crippen molar-refractivity contribution in [2.75, 3.05) is 29.4 Å². The number of ether oxygens (including phenoxy) is 2. The van der Waals surface area contributed by atoms with Gasteiger partial charge in [-0.25, -0.2) is 19.5 Å². The van der Waals surface area contributed by atoms with E-state index in [9.17, 15) is 27.6 Å². The van der Waals surface area contributed by atoms with E-state index in [-0.39, 0.29) is 18.2 Å². The molecule has 3 amide bonds. The number of amides is 3. The number of hydrogen-bond donors (Lipinski definition) is 4. The molecule has 2 aromatic heterocycles. The zero-order chi connectivity index (χ0) is 48.1. The van der Waals surface area contributed by atoms with Crippen LogP contribution in [0.25, 0.3) is 22.5 Å². The molecule has 2 fully saturated rings. The molecule has 5 N–H and O–H groups in total. The molecule has 20 heteroatoms. The minimum Gasteiger partial charge on any atom is -0.475 e. The average molecular weight is 929 g/mol. The Hall–Kier alpha value is -6.96. The normalized spacial score (nSPS) is 16.7. The molecular weight excluding hydrogens is 874 g/mol. The summed E-state index contributed by atoms with van der Waals surface area (Å²) in [6, 6.07) is 23.6. The minimum atomic E-state index is -5.08. The standard InChI is InChI=1S/C45H54N10O5.C2HF3O2/c1-45(2,3)60-44(58)48-27-31-14-18-35(19-15-31)41(56)55(36-22-20-34(21-23-36)39-50-52-53-51-39)42(57)38(46)26-30-12-16-33(17-13-30)37-28-47-43(54-24-8-5-9-25-54)49-40(37)59-29-32-10-6-4-7-11-32;3-2(4,5)1(6)7/h4,6-7,10-13,16-17,20-23,28,31,35,38H,5,8-9,14-15,18-19,24-27,29,46H2,1-3H3,(H,48,58)(H,50,51,52,53);(H,6,7)/t31-,35-,38-;/m0./s1. The molecule has 7 rings (SSSR count). The topological polar surface area (TPSA) is 232 Å². The third kappa shape index (κ3) is 14.3. The monoisotopic (exact) mass is 928 g/mol. The minimum absolute atomic E-state index is 0.191. The third-order valence-corrected chi connectivity index (χ3v) is 11.2. The largest absolute Gasteiger partial charge is 0.490 e. The number of imide groups is 1. The van der Waals surface area contributed by atoms with Crippen molar-refractivity contribution < 1.29 is 46.9 Å². The molecule has 1 aliphatic carbocycles. The quantitative estimate of drug-likeness (QED) is 0.0909. The Kier molecular flexibility index (Phi) is 16.6. The highest BCUT2D eigenvalue weighted by molar-refractivity contribution is 6.17. The molecule has 3 aromatic carbocycles. The van der Waals surface area contributed by atoms with Crippen LogP contribution in [0.1, 0.15) is 76.8 Å². The number of aliphatic carboxylic acids is 1. The number of nitrogens with two attached hydrogens (primary N) is 1. The van der Waals surface area contributed by atoms with Gasteiger partial charge in [0.15, 0.2) is 0 Å². The molecule has 0 radical (unpaired) electrons. The second kappa shape index (κ2) is 22.5. The lowest BCUT2D eigenvalue weighted by Crippen LogP contribution is -2.50. The van der Waals surface area contributed by atoms with E-state index in [0.717, 1.165) is 48.2 Å². The molecule has 3 heterocycles. The summed E-state index contributed by atoms with van der Waals surface area (Å²) in [6.07, 6.45) is 2.47. The van der Waals surface area contributed by atoms with E-state index in [1.165, 1.54) is 11.3 Å². The number of rotatable bonds is 13.